The van der Waals surface area contributed by atoms with Crippen LogP contribution in [0, 0.1) is 0 Å². The Bertz CT molecular complexity index is 529. The maximum Gasteiger partial charge on any atom is 0.188 e. The number of benzene rings is 1. The van der Waals surface area contributed by atoms with E-state index in [1.54, 1.807) is 0 Å². The molecule has 0 saturated carbocycles. The summed E-state index contributed by atoms with van der Waals surface area (Å²) in [5.41, 5.74) is 1.07. The van der Waals surface area contributed by atoms with Crippen LogP contribution in [0.3, 0.4) is 0 Å². The van der Waals surface area contributed by atoms with Gasteiger partial charge in [-0.15, -0.1) is 10.2 Å². The average Bonchev–Trinajstić information content (AvgIpc) is 2.82. The molecular formula is C12H15N5O2. The number of nitrogens with zero attached hydrogens (tertiary/aromatic N) is 3. The summed E-state index contributed by atoms with van der Waals surface area (Å²) in [6.45, 7) is 2.61. The van der Waals surface area contributed by atoms with Gasteiger partial charge in [0.15, 0.2) is 17.3 Å². The quantitative estimate of drug-likeness (QED) is 0.840. The predicted molar refractivity (Wildman–Crippen MR) is 66.8 cm³/mol. The molecule has 0 atom stereocenters. The molecule has 1 aliphatic rings. The van der Waals surface area contributed by atoms with Crippen LogP contribution in [0.5, 0.6) is 11.5 Å². The monoisotopic (exact) mass is 261 g/mol. The first-order chi connectivity index (χ1) is 9.43. The highest BCUT2D eigenvalue weighted by Gasteiger charge is 2.14. The zero-order chi connectivity index (χ0) is 12.9. The Hall–Kier alpha value is -2.15. The molecule has 0 fully saturated rings. The SMILES string of the molecule is c1cc(CNCc2nn[nH]n2)c2c(c1)OCCCO2. The molecule has 0 radical (unpaired) electrons. The lowest BCUT2D eigenvalue weighted by Crippen LogP contribution is -2.14. The minimum atomic E-state index is 0.557. The summed E-state index contributed by atoms with van der Waals surface area (Å²) in [6, 6.07) is 5.93. The number of H-pyrrole nitrogens is 1. The summed E-state index contributed by atoms with van der Waals surface area (Å²) in [4.78, 5) is 0. The van der Waals surface area contributed by atoms with Gasteiger partial charge in [-0.1, -0.05) is 17.3 Å². The van der Waals surface area contributed by atoms with Crippen molar-refractivity contribution in [2.75, 3.05) is 13.2 Å². The Kier molecular flexibility index (Phi) is 3.55. The Morgan fingerprint density at radius 2 is 2.16 bits per heavy atom. The maximum atomic E-state index is 5.75. The largest absolute Gasteiger partial charge is 0.490 e. The second-order valence-corrected chi connectivity index (χ2v) is 4.23. The third-order valence-electron chi connectivity index (χ3n) is 2.84. The first kappa shape index (κ1) is 11.9. The zero-order valence-electron chi connectivity index (χ0n) is 10.4. The van der Waals surface area contributed by atoms with Crippen LogP contribution in [0.25, 0.3) is 0 Å². The van der Waals surface area contributed by atoms with Crippen molar-refractivity contribution < 1.29 is 9.47 Å². The van der Waals surface area contributed by atoms with Crippen LogP contribution in [0.1, 0.15) is 17.8 Å². The molecule has 7 nitrogen and oxygen atoms in total. The lowest BCUT2D eigenvalue weighted by molar-refractivity contribution is 0.296. The summed E-state index contributed by atoms with van der Waals surface area (Å²) in [5.74, 6) is 2.29. The third-order valence-corrected chi connectivity index (χ3v) is 2.84. The Morgan fingerprint density at radius 1 is 1.21 bits per heavy atom. The van der Waals surface area contributed by atoms with Crippen molar-refractivity contribution in [2.45, 2.75) is 19.5 Å². The van der Waals surface area contributed by atoms with Crippen LogP contribution < -0.4 is 14.8 Å². The first-order valence-electron chi connectivity index (χ1n) is 6.24. The van der Waals surface area contributed by atoms with Crippen molar-refractivity contribution in [3.63, 3.8) is 0 Å². The smallest absolute Gasteiger partial charge is 0.188 e. The van der Waals surface area contributed by atoms with Crippen LogP contribution in [0.4, 0.5) is 0 Å². The molecule has 1 aromatic heterocycles. The minimum Gasteiger partial charge on any atom is -0.490 e. The van der Waals surface area contributed by atoms with Crippen LogP contribution in [0.15, 0.2) is 18.2 Å². The molecule has 7 heteroatoms. The average molecular weight is 261 g/mol. The Morgan fingerprint density at radius 3 is 3.05 bits per heavy atom. The molecule has 0 unspecified atom stereocenters. The molecule has 19 heavy (non-hydrogen) atoms. The van der Waals surface area contributed by atoms with Crippen molar-refractivity contribution in [1.29, 1.82) is 0 Å². The summed E-state index contributed by atoms with van der Waals surface area (Å²) >= 11 is 0. The number of ether oxygens (including phenoxy) is 2. The number of nitrogens with one attached hydrogen (secondary N) is 2. The number of hydrogen-bond donors (Lipinski definition) is 2. The molecule has 3 rings (SSSR count). The Balaban J connectivity index is 1.67. The van der Waals surface area contributed by atoms with Crippen molar-refractivity contribution in [3.8, 4) is 11.5 Å². The van der Waals surface area contributed by atoms with Gasteiger partial charge in [0.25, 0.3) is 0 Å². The van der Waals surface area contributed by atoms with Gasteiger partial charge in [0.05, 0.1) is 19.8 Å². The van der Waals surface area contributed by atoms with Gasteiger partial charge in [-0.2, -0.15) is 5.21 Å². The number of fused-ring (bicyclic) bond motifs is 1. The standard InChI is InChI=1S/C12H15N5O2/c1-3-9(7-13-8-11-14-16-17-15-11)12-10(4-1)18-5-2-6-19-12/h1,3-4,13H,2,5-8H2,(H,14,15,16,17). The fourth-order valence-electron chi connectivity index (χ4n) is 1.96. The molecule has 1 aliphatic heterocycles. The van der Waals surface area contributed by atoms with E-state index < -0.39 is 0 Å². The molecular weight excluding hydrogens is 246 g/mol. The van der Waals surface area contributed by atoms with Crippen molar-refractivity contribution in [1.82, 2.24) is 25.9 Å². The van der Waals surface area contributed by atoms with Gasteiger partial charge in [0, 0.05) is 18.5 Å². The van der Waals surface area contributed by atoms with Crippen LogP contribution >= 0.6 is 0 Å². The minimum absolute atomic E-state index is 0.557. The van der Waals surface area contributed by atoms with Crippen LogP contribution in [-0.2, 0) is 13.1 Å². The Labute approximate surface area is 110 Å². The lowest BCUT2D eigenvalue weighted by atomic mass is 10.2. The molecule has 1 aromatic carbocycles. The van der Waals surface area contributed by atoms with E-state index in [0.29, 0.717) is 32.1 Å². The van der Waals surface area contributed by atoms with Crippen molar-refractivity contribution in [2.24, 2.45) is 0 Å². The van der Waals surface area contributed by atoms with Crippen LogP contribution in [-0.4, -0.2) is 33.8 Å². The summed E-state index contributed by atoms with van der Waals surface area (Å²) in [7, 11) is 0. The van der Waals surface area contributed by atoms with Gasteiger partial charge in [-0.25, -0.2) is 0 Å². The maximum absolute atomic E-state index is 5.75. The van der Waals surface area contributed by atoms with E-state index in [9.17, 15) is 0 Å². The fourth-order valence-corrected chi connectivity index (χ4v) is 1.96. The topological polar surface area (TPSA) is 85.0 Å². The number of hydrogen-bond acceptors (Lipinski definition) is 6. The number of aromatic amines is 1. The van der Waals surface area contributed by atoms with E-state index in [1.807, 2.05) is 18.2 Å². The molecule has 0 spiro atoms. The third kappa shape index (κ3) is 2.82. The van der Waals surface area contributed by atoms with E-state index in [-0.39, 0.29) is 0 Å². The summed E-state index contributed by atoms with van der Waals surface area (Å²) in [5, 5.41) is 17.0. The van der Waals surface area contributed by atoms with Crippen molar-refractivity contribution >= 4 is 0 Å². The zero-order valence-corrected chi connectivity index (χ0v) is 10.4. The summed E-state index contributed by atoms with van der Waals surface area (Å²) in [6.07, 6.45) is 0.907. The number of tetrazole rings is 1. The van der Waals surface area contributed by atoms with Crippen LogP contribution in [0.2, 0.25) is 0 Å². The van der Waals surface area contributed by atoms with Crippen molar-refractivity contribution in [3.05, 3.63) is 29.6 Å². The lowest BCUT2D eigenvalue weighted by Gasteiger charge is -2.12. The number of aromatic nitrogens is 4. The van der Waals surface area contributed by atoms with E-state index >= 15 is 0 Å². The molecule has 2 aromatic rings. The molecule has 2 N–H and O–H groups in total. The van der Waals surface area contributed by atoms with Gasteiger partial charge < -0.3 is 14.8 Å². The molecule has 0 amide bonds. The van der Waals surface area contributed by atoms with Gasteiger partial charge in [-0.3, -0.25) is 0 Å². The van der Waals surface area contributed by atoms with Gasteiger partial charge in [0.1, 0.15) is 0 Å². The molecule has 100 valence electrons. The van der Waals surface area contributed by atoms with E-state index in [4.69, 9.17) is 9.47 Å². The molecule has 0 bridgehead atoms. The van der Waals surface area contributed by atoms with Gasteiger partial charge in [0.2, 0.25) is 0 Å². The highest BCUT2D eigenvalue weighted by atomic mass is 16.5. The van der Waals surface area contributed by atoms with E-state index in [2.05, 4.69) is 25.9 Å². The van der Waals surface area contributed by atoms with E-state index in [1.165, 1.54) is 0 Å². The van der Waals surface area contributed by atoms with E-state index in [0.717, 1.165) is 23.5 Å². The molecule has 0 saturated heterocycles. The second kappa shape index (κ2) is 5.66. The highest BCUT2D eigenvalue weighted by Crippen LogP contribution is 2.33. The predicted octanol–water partition coefficient (Wildman–Crippen LogP) is 0.651. The highest BCUT2D eigenvalue weighted by molar-refractivity contribution is 5.47. The fraction of sp³-hybridized carbons (Fsp3) is 0.417. The summed E-state index contributed by atoms with van der Waals surface area (Å²) < 4.78 is 11.4. The molecule has 2 heterocycles. The number of para-hydroxylation sites is 1. The molecule has 0 aliphatic carbocycles. The van der Waals surface area contributed by atoms with Gasteiger partial charge in [-0.05, 0) is 6.07 Å². The van der Waals surface area contributed by atoms with Gasteiger partial charge >= 0.3 is 0 Å². The normalized spacial score (nSPS) is 14.1. The first-order valence-corrected chi connectivity index (χ1v) is 6.24. The number of rotatable bonds is 4. The second-order valence-electron chi connectivity index (χ2n) is 4.23.